The van der Waals surface area contributed by atoms with Crippen LogP contribution in [0.25, 0.3) is 0 Å². The van der Waals surface area contributed by atoms with Gasteiger partial charge in [0.2, 0.25) is 0 Å². The van der Waals surface area contributed by atoms with Gasteiger partial charge in [-0.25, -0.2) is 5.01 Å². The highest BCUT2D eigenvalue weighted by molar-refractivity contribution is 7.85. The van der Waals surface area contributed by atoms with Crippen LogP contribution in [-0.4, -0.2) is 37.8 Å². The predicted octanol–water partition coefficient (Wildman–Crippen LogP) is 4.06. The van der Waals surface area contributed by atoms with Crippen molar-refractivity contribution in [1.82, 2.24) is 0 Å². The van der Waals surface area contributed by atoms with Crippen LogP contribution < -0.4 is 14.5 Å². The molecule has 1 aliphatic heterocycles. The lowest BCUT2D eigenvalue weighted by Gasteiger charge is -2.37. The maximum Gasteiger partial charge on any atom is 0.294 e. The lowest BCUT2D eigenvalue weighted by atomic mass is 9.76. The molecule has 1 heterocycles. The average molecular weight is 471 g/mol. The summed E-state index contributed by atoms with van der Waals surface area (Å²) in [4.78, 5) is 13.1. The monoisotopic (exact) mass is 470 g/mol. The Kier molecular flexibility index (Phi) is 6.53. The minimum atomic E-state index is -4.33. The Hall–Kier alpha value is -3.17. The Morgan fingerprint density at radius 3 is 2.24 bits per heavy atom. The number of hydrazone groups is 1. The molecule has 0 radical (unpaired) electrons. The van der Waals surface area contributed by atoms with Gasteiger partial charge in [0.15, 0.2) is 11.5 Å². The van der Waals surface area contributed by atoms with E-state index in [-0.39, 0.29) is 22.6 Å². The molecule has 0 saturated carbocycles. The molecule has 0 bridgehead atoms. The number of hydrogen-bond donors (Lipinski definition) is 1. The number of carbonyl (C=O) groups excluding carboxylic acids is 1. The highest BCUT2D eigenvalue weighted by Gasteiger charge is 2.40. The predicted molar refractivity (Wildman–Crippen MR) is 124 cm³/mol. The summed E-state index contributed by atoms with van der Waals surface area (Å²) in [7, 11) is -4.33. The van der Waals surface area contributed by atoms with Gasteiger partial charge in [0.25, 0.3) is 16.0 Å². The third-order valence-electron chi connectivity index (χ3n) is 5.74. The molecular formula is C24H26N2O6S. The number of ether oxygens (including phenoxy) is 2. The largest absolute Gasteiger partial charge is 0.490 e. The van der Waals surface area contributed by atoms with Crippen molar-refractivity contribution in [2.24, 2.45) is 16.9 Å². The molecule has 2 aromatic carbocycles. The van der Waals surface area contributed by atoms with Gasteiger partial charge in [0, 0.05) is 11.5 Å². The first-order chi connectivity index (χ1) is 15.8. The Bertz CT molecular complexity index is 1200. The minimum Gasteiger partial charge on any atom is -0.490 e. The molecule has 2 aromatic rings. The number of carbonyl (C=O) groups is 1. The smallest absolute Gasteiger partial charge is 0.294 e. The van der Waals surface area contributed by atoms with Crippen LogP contribution >= 0.6 is 0 Å². The van der Waals surface area contributed by atoms with Crippen molar-refractivity contribution < 1.29 is 27.2 Å². The second-order valence-corrected chi connectivity index (χ2v) is 9.21. The van der Waals surface area contributed by atoms with Crippen LogP contribution in [-0.2, 0) is 14.9 Å². The molecule has 9 heteroatoms. The highest BCUT2D eigenvalue weighted by Crippen LogP contribution is 2.38. The minimum absolute atomic E-state index is 0.0803. The summed E-state index contributed by atoms with van der Waals surface area (Å²) in [5.74, 6) is 0.745. The lowest BCUT2D eigenvalue weighted by molar-refractivity contribution is -0.123. The average Bonchev–Trinajstić information content (AvgIpc) is 2.81. The molecule has 2 unspecified atom stereocenters. The van der Waals surface area contributed by atoms with Gasteiger partial charge < -0.3 is 9.47 Å². The summed E-state index contributed by atoms with van der Waals surface area (Å²) in [5.41, 5.74) is 2.01. The molecule has 0 fully saturated rings. The zero-order valence-corrected chi connectivity index (χ0v) is 19.3. The molecule has 4 rings (SSSR count). The fraction of sp³-hybridized carbons (Fsp3) is 0.333. The van der Waals surface area contributed by atoms with Crippen molar-refractivity contribution >= 4 is 27.4 Å². The van der Waals surface area contributed by atoms with Gasteiger partial charge in [-0.05, 0) is 69.2 Å². The van der Waals surface area contributed by atoms with Gasteiger partial charge in [-0.2, -0.15) is 13.5 Å². The van der Waals surface area contributed by atoms with Crippen LogP contribution in [0.5, 0.6) is 11.5 Å². The SMILES string of the molecule is CCOc1ccc(C2=NN(c3ccc(S(=O)(=O)O)cc3)C(=O)C3CC=CCC23)cc1OCC. The fourth-order valence-electron chi connectivity index (χ4n) is 4.20. The molecule has 2 atom stereocenters. The molecule has 33 heavy (non-hydrogen) atoms. The molecule has 174 valence electrons. The third-order valence-corrected chi connectivity index (χ3v) is 6.60. The molecule has 1 amide bonds. The maximum absolute atomic E-state index is 13.3. The van der Waals surface area contributed by atoms with Crippen LogP contribution in [0.4, 0.5) is 5.69 Å². The maximum atomic E-state index is 13.3. The Labute approximate surface area is 193 Å². The van der Waals surface area contributed by atoms with Crippen LogP contribution in [0.15, 0.2) is 64.6 Å². The van der Waals surface area contributed by atoms with Crippen molar-refractivity contribution in [3.63, 3.8) is 0 Å². The number of amides is 1. The Morgan fingerprint density at radius 1 is 0.970 bits per heavy atom. The Balaban J connectivity index is 1.79. The number of fused-ring (bicyclic) bond motifs is 1. The van der Waals surface area contributed by atoms with Gasteiger partial charge in [-0.3, -0.25) is 9.35 Å². The quantitative estimate of drug-likeness (QED) is 0.483. The van der Waals surface area contributed by atoms with Crippen molar-refractivity contribution in [3.05, 3.63) is 60.2 Å². The summed E-state index contributed by atoms with van der Waals surface area (Å²) in [6.45, 7) is 4.80. The number of hydrogen-bond acceptors (Lipinski definition) is 6. The van der Waals surface area contributed by atoms with E-state index in [0.29, 0.717) is 43.2 Å². The number of rotatable bonds is 7. The second kappa shape index (κ2) is 9.36. The zero-order chi connectivity index (χ0) is 23.6. The van der Waals surface area contributed by atoms with E-state index in [0.717, 1.165) is 11.3 Å². The number of nitrogens with zero attached hydrogens (tertiary/aromatic N) is 2. The van der Waals surface area contributed by atoms with Gasteiger partial charge in [-0.15, -0.1) is 0 Å². The second-order valence-electron chi connectivity index (χ2n) is 7.79. The van der Waals surface area contributed by atoms with Gasteiger partial charge in [-0.1, -0.05) is 12.2 Å². The molecule has 0 saturated heterocycles. The van der Waals surface area contributed by atoms with Crippen molar-refractivity contribution in [2.75, 3.05) is 18.2 Å². The van der Waals surface area contributed by atoms with Crippen LogP contribution in [0.1, 0.15) is 32.3 Å². The third kappa shape index (κ3) is 4.65. The standard InChI is InChI=1S/C24H26N2O6S/c1-3-31-21-14-9-16(15-22(21)32-4-2)23-19-7-5-6-8-20(19)24(27)26(25-23)17-10-12-18(13-11-17)33(28,29)30/h5-6,9-15,19-20H,3-4,7-8H2,1-2H3,(H,28,29,30). The topological polar surface area (TPSA) is 106 Å². The first kappa shape index (κ1) is 23.0. The van der Waals surface area contributed by atoms with E-state index in [2.05, 4.69) is 6.08 Å². The van der Waals surface area contributed by atoms with Crippen LogP contribution in [0.2, 0.25) is 0 Å². The van der Waals surface area contributed by atoms with E-state index in [1.165, 1.54) is 29.3 Å². The first-order valence-corrected chi connectivity index (χ1v) is 12.3. The van der Waals surface area contributed by atoms with Crippen molar-refractivity contribution in [3.8, 4) is 11.5 Å². The van der Waals surface area contributed by atoms with Crippen LogP contribution in [0, 0.1) is 11.8 Å². The number of benzene rings is 2. The van der Waals surface area contributed by atoms with Gasteiger partial charge >= 0.3 is 0 Å². The highest BCUT2D eigenvalue weighted by atomic mass is 32.2. The molecule has 2 aliphatic rings. The van der Waals surface area contributed by atoms with E-state index in [9.17, 15) is 17.8 Å². The van der Waals surface area contributed by atoms with Crippen molar-refractivity contribution in [1.29, 1.82) is 0 Å². The molecule has 8 nitrogen and oxygen atoms in total. The Morgan fingerprint density at radius 2 is 1.61 bits per heavy atom. The summed E-state index contributed by atoms with van der Waals surface area (Å²) < 4.78 is 43.5. The first-order valence-electron chi connectivity index (χ1n) is 10.9. The van der Waals surface area contributed by atoms with E-state index in [1.807, 2.05) is 38.1 Å². The zero-order valence-electron chi connectivity index (χ0n) is 18.5. The molecule has 0 aromatic heterocycles. The molecule has 0 spiro atoms. The van der Waals surface area contributed by atoms with E-state index in [4.69, 9.17) is 14.6 Å². The van der Waals surface area contributed by atoms with Gasteiger partial charge in [0.1, 0.15) is 0 Å². The number of anilines is 1. The van der Waals surface area contributed by atoms with E-state index in [1.54, 1.807) is 0 Å². The molecular weight excluding hydrogens is 444 g/mol. The van der Waals surface area contributed by atoms with E-state index >= 15 is 0 Å². The summed E-state index contributed by atoms with van der Waals surface area (Å²) in [6.07, 6.45) is 5.36. The summed E-state index contributed by atoms with van der Waals surface area (Å²) >= 11 is 0. The molecule has 1 aliphatic carbocycles. The molecule has 1 N–H and O–H groups in total. The van der Waals surface area contributed by atoms with Crippen LogP contribution in [0.3, 0.4) is 0 Å². The summed E-state index contributed by atoms with van der Waals surface area (Å²) in [5, 5.41) is 6.03. The van der Waals surface area contributed by atoms with Crippen molar-refractivity contribution in [2.45, 2.75) is 31.6 Å². The van der Waals surface area contributed by atoms with Gasteiger partial charge in [0.05, 0.1) is 35.4 Å². The fourth-order valence-corrected chi connectivity index (χ4v) is 4.68. The van der Waals surface area contributed by atoms with E-state index < -0.39 is 10.1 Å². The summed E-state index contributed by atoms with van der Waals surface area (Å²) in [6, 6.07) is 11.1. The normalized spacial score (nSPS) is 20.3. The lowest BCUT2D eigenvalue weighted by Crippen LogP contribution is -2.45. The number of allylic oxidation sites excluding steroid dienone is 2.